The molecule has 7 nitrogen and oxygen atoms in total. The molecule has 1 heterocycles. The number of halogens is 2. The third-order valence-corrected chi connectivity index (χ3v) is 6.27. The Morgan fingerprint density at radius 1 is 0.943 bits per heavy atom. The summed E-state index contributed by atoms with van der Waals surface area (Å²) in [6, 6.07) is 9.62. The summed E-state index contributed by atoms with van der Waals surface area (Å²) in [5.41, 5.74) is 2.15. The fourth-order valence-electron chi connectivity index (χ4n) is 4.29. The fourth-order valence-corrected chi connectivity index (χ4v) is 4.74. The molecule has 1 aliphatic heterocycles. The monoisotopic (exact) mass is 514 g/mol. The molecular formula is C26H24Cl2N2O5. The lowest BCUT2D eigenvalue weighted by molar-refractivity contribution is 0.0697. The van der Waals surface area contributed by atoms with Gasteiger partial charge in [0.15, 0.2) is 0 Å². The lowest BCUT2D eigenvalue weighted by Gasteiger charge is -2.23. The van der Waals surface area contributed by atoms with Crippen molar-refractivity contribution in [3.05, 3.63) is 73.4 Å². The van der Waals surface area contributed by atoms with Crippen LogP contribution in [-0.4, -0.2) is 54.2 Å². The molecule has 0 spiro atoms. The van der Waals surface area contributed by atoms with E-state index in [1.54, 1.807) is 24.3 Å². The number of rotatable bonds is 6. The second-order valence-corrected chi connectivity index (χ2v) is 9.72. The van der Waals surface area contributed by atoms with E-state index < -0.39 is 5.97 Å². The van der Waals surface area contributed by atoms with Crippen molar-refractivity contribution in [1.29, 1.82) is 0 Å². The van der Waals surface area contributed by atoms with Gasteiger partial charge in [-0.05, 0) is 52.0 Å². The van der Waals surface area contributed by atoms with Gasteiger partial charge >= 0.3 is 5.97 Å². The first kappa shape index (κ1) is 25.0. The maximum atomic E-state index is 13.1. The number of benzene rings is 3. The van der Waals surface area contributed by atoms with Crippen LogP contribution in [0.5, 0.6) is 5.75 Å². The molecule has 0 radical (unpaired) electrons. The Kier molecular flexibility index (Phi) is 6.79. The van der Waals surface area contributed by atoms with Crippen LogP contribution in [0.3, 0.4) is 0 Å². The fraction of sp³-hybridized carbons (Fsp3) is 0.231. The topological polar surface area (TPSA) is 94.2 Å². The van der Waals surface area contributed by atoms with E-state index in [0.29, 0.717) is 45.3 Å². The molecule has 2 aromatic carbocycles. The normalized spacial score (nSPS) is 11.8. The molecular weight excluding hydrogens is 491 g/mol. The molecule has 2 aromatic rings. The van der Waals surface area contributed by atoms with Crippen LogP contribution in [0.25, 0.3) is 33.4 Å². The minimum atomic E-state index is -1.11. The van der Waals surface area contributed by atoms with Gasteiger partial charge in [-0.2, -0.15) is 0 Å². The Morgan fingerprint density at radius 2 is 1.57 bits per heavy atom. The van der Waals surface area contributed by atoms with Crippen molar-refractivity contribution < 1.29 is 19.4 Å². The van der Waals surface area contributed by atoms with Crippen LogP contribution in [0.1, 0.15) is 21.5 Å². The molecule has 0 aromatic heterocycles. The molecule has 2 aliphatic rings. The van der Waals surface area contributed by atoms with Gasteiger partial charge in [-0.1, -0.05) is 41.4 Å². The van der Waals surface area contributed by atoms with Gasteiger partial charge in [0.2, 0.25) is 5.43 Å². The zero-order valence-corrected chi connectivity index (χ0v) is 21.2. The van der Waals surface area contributed by atoms with Gasteiger partial charge in [0.05, 0.1) is 26.7 Å². The maximum Gasteiger partial charge on any atom is 0.336 e. The molecule has 0 fully saturated rings. The highest BCUT2D eigenvalue weighted by Gasteiger charge is 2.28. The average Bonchev–Trinajstić information content (AvgIpc) is 2.78. The minimum absolute atomic E-state index is 0.00338. The predicted octanol–water partition coefficient (Wildman–Crippen LogP) is 5.40. The van der Waals surface area contributed by atoms with Crippen molar-refractivity contribution in [1.82, 2.24) is 9.80 Å². The van der Waals surface area contributed by atoms with Gasteiger partial charge < -0.3 is 24.4 Å². The van der Waals surface area contributed by atoms with Crippen molar-refractivity contribution in [2.45, 2.75) is 13.1 Å². The number of hydrogen-bond acceptors (Lipinski definition) is 6. The van der Waals surface area contributed by atoms with Crippen LogP contribution in [-0.2, 0) is 13.1 Å². The lowest BCUT2D eigenvalue weighted by Crippen LogP contribution is -2.21. The van der Waals surface area contributed by atoms with E-state index in [4.69, 9.17) is 27.6 Å². The zero-order chi connectivity index (χ0) is 25.6. The largest absolute Gasteiger partial charge is 0.506 e. The molecule has 0 saturated heterocycles. The molecule has 4 rings (SSSR count). The van der Waals surface area contributed by atoms with Gasteiger partial charge in [-0.15, -0.1) is 0 Å². The second kappa shape index (κ2) is 9.51. The second-order valence-electron chi connectivity index (χ2n) is 8.91. The third kappa shape index (κ3) is 4.48. The Bertz CT molecular complexity index is 1490. The van der Waals surface area contributed by atoms with Crippen LogP contribution < -0.4 is 5.43 Å². The number of phenols is 1. The number of aromatic hydroxyl groups is 1. The first-order valence-electron chi connectivity index (χ1n) is 10.8. The van der Waals surface area contributed by atoms with E-state index in [9.17, 15) is 19.8 Å². The van der Waals surface area contributed by atoms with Crippen molar-refractivity contribution in [3.8, 4) is 28.2 Å². The summed E-state index contributed by atoms with van der Waals surface area (Å²) >= 11 is 12.8. The van der Waals surface area contributed by atoms with Crippen molar-refractivity contribution in [3.63, 3.8) is 0 Å². The van der Waals surface area contributed by atoms with Gasteiger partial charge in [-0.3, -0.25) is 4.79 Å². The first-order valence-corrected chi connectivity index (χ1v) is 11.5. The van der Waals surface area contributed by atoms with Gasteiger partial charge in [-0.25, -0.2) is 4.79 Å². The van der Waals surface area contributed by atoms with Gasteiger partial charge in [0.1, 0.15) is 17.1 Å². The summed E-state index contributed by atoms with van der Waals surface area (Å²) in [5.74, 6) is -0.974. The number of nitrogens with zero attached hydrogens (tertiary/aromatic N) is 2. The highest BCUT2D eigenvalue weighted by Crippen LogP contribution is 2.47. The Balaban J connectivity index is 2.31. The zero-order valence-electron chi connectivity index (χ0n) is 19.6. The Hall–Kier alpha value is -3.10. The van der Waals surface area contributed by atoms with Crippen molar-refractivity contribution >= 4 is 40.1 Å². The van der Waals surface area contributed by atoms with E-state index in [2.05, 4.69) is 0 Å². The molecule has 0 unspecified atom stereocenters. The highest BCUT2D eigenvalue weighted by molar-refractivity contribution is 6.33. The molecule has 9 heteroatoms. The molecule has 35 heavy (non-hydrogen) atoms. The number of carbonyl (C=O) groups is 1. The number of phenolic OH excluding ortho intramolecular Hbond substituents is 1. The summed E-state index contributed by atoms with van der Waals surface area (Å²) in [7, 11) is 7.30. The smallest absolute Gasteiger partial charge is 0.336 e. The van der Waals surface area contributed by atoms with Crippen LogP contribution in [0.4, 0.5) is 0 Å². The number of aromatic carboxylic acids is 1. The standard InChI is InChI=1S/C26H24Cl2N2O5/c1-29(2)11-17-22(31)19(27)9-15-21(13-7-5-6-8-14(13)26(33)34)16-10-20(28)23(32)18(12-30(3)4)25(16)35-24(15)17/h5-10,31H,11-12H2,1-4H3,(H,33,34). The summed E-state index contributed by atoms with van der Waals surface area (Å²) in [6.45, 7) is 0.534. The third-order valence-electron chi connectivity index (χ3n) is 5.70. The number of carboxylic acids is 1. The molecule has 0 atom stereocenters. The number of carboxylic acid groups (broad SMARTS) is 1. The molecule has 2 N–H and O–H groups in total. The van der Waals surface area contributed by atoms with Gasteiger partial charge in [0.25, 0.3) is 0 Å². The molecule has 0 saturated carbocycles. The quantitative estimate of drug-likeness (QED) is 0.332. The molecule has 182 valence electrons. The van der Waals surface area contributed by atoms with E-state index in [0.717, 1.165) is 0 Å². The molecule has 0 bridgehead atoms. The summed E-state index contributed by atoms with van der Waals surface area (Å²) in [4.78, 5) is 28.9. The van der Waals surface area contributed by atoms with Crippen LogP contribution in [0.15, 0.2) is 45.6 Å². The number of hydrogen-bond donors (Lipinski definition) is 2. The first-order chi connectivity index (χ1) is 16.5. The Morgan fingerprint density at radius 3 is 2.20 bits per heavy atom. The van der Waals surface area contributed by atoms with E-state index in [-0.39, 0.29) is 39.1 Å². The van der Waals surface area contributed by atoms with Crippen molar-refractivity contribution in [2.75, 3.05) is 28.2 Å². The SMILES string of the molecule is CN(C)Cc1c2oc3c(CN(C)C)c(O)c(Cl)cc3c(-c3ccccc3C(=O)O)c-2cc(Cl)c1=O. The average molecular weight is 515 g/mol. The summed E-state index contributed by atoms with van der Waals surface area (Å²) in [6.07, 6.45) is 0. The van der Waals surface area contributed by atoms with Crippen LogP contribution in [0.2, 0.25) is 10.0 Å². The number of fused-ring (bicyclic) bond motifs is 2. The molecule has 1 aliphatic carbocycles. The van der Waals surface area contributed by atoms with E-state index in [1.165, 1.54) is 12.1 Å². The molecule has 0 amide bonds. The van der Waals surface area contributed by atoms with Crippen molar-refractivity contribution in [2.24, 2.45) is 0 Å². The van der Waals surface area contributed by atoms with Gasteiger partial charge in [0, 0.05) is 29.6 Å². The summed E-state index contributed by atoms with van der Waals surface area (Å²) < 4.78 is 6.37. The predicted molar refractivity (Wildman–Crippen MR) is 138 cm³/mol. The highest BCUT2D eigenvalue weighted by atomic mass is 35.5. The Labute approximate surface area is 212 Å². The van der Waals surface area contributed by atoms with E-state index >= 15 is 0 Å². The minimum Gasteiger partial charge on any atom is -0.506 e. The maximum absolute atomic E-state index is 13.1. The lowest BCUT2D eigenvalue weighted by atomic mass is 9.88. The summed E-state index contributed by atoms with van der Waals surface area (Å²) in [5, 5.41) is 21.4. The van der Waals surface area contributed by atoms with Crippen LogP contribution >= 0.6 is 23.2 Å². The van der Waals surface area contributed by atoms with E-state index in [1.807, 2.05) is 38.0 Å². The van der Waals surface area contributed by atoms with Crippen LogP contribution in [0, 0.1) is 0 Å².